The van der Waals surface area contributed by atoms with Crippen molar-refractivity contribution in [2.45, 2.75) is 26.5 Å². The second-order valence-corrected chi connectivity index (χ2v) is 5.21. The lowest BCUT2D eigenvalue weighted by atomic mass is 10.2. The molecule has 0 atom stereocenters. The van der Waals surface area contributed by atoms with Gasteiger partial charge in [0.1, 0.15) is 18.2 Å². The summed E-state index contributed by atoms with van der Waals surface area (Å²) in [5.74, 6) is 7.30. The number of nitrogens with zero attached hydrogens (tertiary/aromatic N) is 2. The molecule has 108 valence electrons. The highest BCUT2D eigenvalue weighted by Gasteiger charge is 2.06. The van der Waals surface area contributed by atoms with Crippen molar-refractivity contribution in [3.8, 4) is 0 Å². The van der Waals surface area contributed by atoms with Crippen molar-refractivity contribution in [1.82, 2.24) is 9.97 Å². The second kappa shape index (κ2) is 7.18. The molecule has 0 saturated carbocycles. The molecule has 0 fully saturated rings. The van der Waals surface area contributed by atoms with Gasteiger partial charge >= 0.3 is 0 Å². The Morgan fingerprint density at radius 3 is 2.85 bits per heavy atom. The molecule has 4 N–H and O–H groups in total. The Balaban J connectivity index is 2.10. The Kier molecular flexibility index (Phi) is 5.28. The SMILES string of the molecule is CCc1ccsc1CNc1cc(NN)nc(COC)n1. The van der Waals surface area contributed by atoms with Crippen molar-refractivity contribution in [3.05, 3.63) is 33.8 Å². The van der Waals surface area contributed by atoms with Gasteiger partial charge in [-0.15, -0.1) is 11.3 Å². The molecule has 2 rings (SSSR count). The third kappa shape index (κ3) is 3.66. The summed E-state index contributed by atoms with van der Waals surface area (Å²) in [6, 6.07) is 3.93. The largest absolute Gasteiger partial charge is 0.377 e. The van der Waals surface area contributed by atoms with E-state index in [-0.39, 0.29) is 0 Å². The van der Waals surface area contributed by atoms with Gasteiger partial charge in [-0.25, -0.2) is 15.8 Å². The zero-order chi connectivity index (χ0) is 14.4. The van der Waals surface area contributed by atoms with Gasteiger partial charge in [-0.1, -0.05) is 6.92 Å². The summed E-state index contributed by atoms with van der Waals surface area (Å²) in [6.07, 6.45) is 1.04. The van der Waals surface area contributed by atoms with Gasteiger partial charge < -0.3 is 15.5 Å². The van der Waals surface area contributed by atoms with Crippen molar-refractivity contribution >= 4 is 23.0 Å². The number of hydrazine groups is 1. The molecule has 2 heterocycles. The van der Waals surface area contributed by atoms with Crippen LogP contribution in [0.4, 0.5) is 11.6 Å². The van der Waals surface area contributed by atoms with Gasteiger partial charge in [0.2, 0.25) is 0 Å². The zero-order valence-corrected chi connectivity index (χ0v) is 12.5. The Hall–Kier alpha value is -1.70. The molecule has 20 heavy (non-hydrogen) atoms. The lowest BCUT2D eigenvalue weighted by molar-refractivity contribution is 0.178. The quantitative estimate of drug-likeness (QED) is 0.536. The van der Waals surface area contributed by atoms with Crippen molar-refractivity contribution < 1.29 is 4.74 Å². The van der Waals surface area contributed by atoms with E-state index in [9.17, 15) is 0 Å². The molecule has 6 nitrogen and oxygen atoms in total. The highest BCUT2D eigenvalue weighted by atomic mass is 32.1. The van der Waals surface area contributed by atoms with Crippen LogP contribution in [0.5, 0.6) is 0 Å². The van der Waals surface area contributed by atoms with Crippen LogP contribution in [0, 0.1) is 0 Å². The number of nitrogens with two attached hydrogens (primary N) is 1. The van der Waals surface area contributed by atoms with Gasteiger partial charge in [-0.2, -0.15) is 0 Å². The molecule has 0 spiro atoms. The molecular weight excluding hydrogens is 274 g/mol. The molecule has 0 aromatic carbocycles. The van der Waals surface area contributed by atoms with E-state index < -0.39 is 0 Å². The molecule has 0 radical (unpaired) electrons. The summed E-state index contributed by atoms with van der Waals surface area (Å²) >= 11 is 1.75. The minimum Gasteiger partial charge on any atom is -0.377 e. The van der Waals surface area contributed by atoms with Gasteiger partial charge in [0, 0.05) is 18.1 Å². The number of nitrogens with one attached hydrogen (secondary N) is 2. The van der Waals surface area contributed by atoms with E-state index in [1.807, 2.05) is 0 Å². The molecule has 2 aromatic rings. The Morgan fingerprint density at radius 2 is 2.15 bits per heavy atom. The number of aromatic nitrogens is 2. The van der Waals surface area contributed by atoms with Crippen LogP contribution >= 0.6 is 11.3 Å². The average molecular weight is 293 g/mol. The van der Waals surface area contributed by atoms with E-state index in [1.165, 1.54) is 10.4 Å². The van der Waals surface area contributed by atoms with Crippen molar-refractivity contribution in [1.29, 1.82) is 0 Å². The maximum atomic E-state index is 5.41. The highest BCUT2D eigenvalue weighted by molar-refractivity contribution is 7.10. The Morgan fingerprint density at radius 1 is 1.35 bits per heavy atom. The van der Waals surface area contributed by atoms with Crippen LogP contribution in [0.1, 0.15) is 23.2 Å². The topological polar surface area (TPSA) is 85.1 Å². The number of ether oxygens (including phenoxy) is 1. The Bertz CT molecular complexity index is 557. The standard InChI is InChI=1S/C13H19N5OS/c1-3-9-4-5-20-10(9)7-15-11-6-12(18-14)17-13(16-11)8-19-2/h4-6H,3,7-8,14H2,1-2H3,(H2,15,16,17,18). The van der Waals surface area contributed by atoms with E-state index >= 15 is 0 Å². The third-order valence-electron chi connectivity index (χ3n) is 2.84. The van der Waals surface area contributed by atoms with E-state index in [1.54, 1.807) is 24.5 Å². The molecular formula is C13H19N5OS. The van der Waals surface area contributed by atoms with Gasteiger partial charge in [0.25, 0.3) is 0 Å². The molecule has 0 unspecified atom stereocenters. The number of nitrogen functional groups attached to an aromatic ring is 1. The van der Waals surface area contributed by atoms with Gasteiger partial charge in [-0.3, -0.25) is 0 Å². The normalized spacial score (nSPS) is 10.6. The van der Waals surface area contributed by atoms with Crippen molar-refractivity contribution in [3.63, 3.8) is 0 Å². The number of hydrogen-bond acceptors (Lipinski definition) is 7. The third-order valence-corrected chi connectivity index (χ3v) is 3.81. The first kappa shape index (κ1) is 14.7. The van der Waals surface area contributed by atoms with Crippen LogP contribution in [0.25, 0.3) is 0 Å². The number of anilines is 2. The zero-order valence-electron chi connectivity index (χ0n) is 11.6. The van der Waals surface area contributed by atoms with E-state index in [2.05, 4.69) is 39.1 Å². The smallest absolute Gasteiger partial charge is 0.158 e. The van der Waals surface area contributed by atoms with Crippen LogP contribution in [0.15, 0.2) is 17.5 Å². The molecule has 0 aliphatic carbocycles. The van der Waals surface area contributed by atoms with E-state index in [0.717, 1.165) is 18.8 Å². The molecule has 0 amide bonds. The molecule has 0 saturated heterocycles. The summed E-state index contributed by atoms with van der Waals surface area (Å²) < 4.78 is 5.05. The fourth-order valence-corrected chi connectivity index (χ4v) is 2.78. The van der Waals surface area contributed by atoms with Gasteiger partial charge in [-0.05, 0) is 23.4 Å². The number of methoxy groups -OCH3 is 1. The van der Waals surface area contributed by atoms with Crippen molar-refractivity contribution in [2.24, 2.45) is 5.84 Å². The second-order valence-electron chi connectivity index (χ2n) is 4.21. The first-order valence-corrected chi connectivity index (χ1v) is 7.27. The van der Waals surface area contributed by atoms with Gasteiger partial charge in [0.05, 0.1) is 6.54 Å². The molecule has 0 aliphatic rings. The summed E-state index contributed by atoms with van der Waals surface area (Å²) in [7, 11) is 1.61. The maximum Gasteiger partial charge on any atom is 0.158 e. The fraction of sp³-hybridized carbons (Fsp3) is 0.385. The fourth-order valence-electron chi connectivity index (χ4n) is 1.86. The van der Waals surface area contributed by atoms with E-state index in [4.69, 9.17) is 10.6 Å². The summed E-state index contributed by atoms with van der Waals surface area (Å²) in [6.45, 7) is 3.25. The van der Waals surface area contributed by atoms with Crippen LogP contribution in [0.2, 0.25) is 0 Å². The minimum absolute atomic E-state index is 0.351. The maximum absolute atomic E-state index is 5.41. The lowest BCUT2D eigenvalue weighted by Crippen LogP contribution is -2.12. The first-order chi connectivity index (χ1) is 9.76. The van der Waals surface area contributed by atoms with Crippen LogP contribution in [-0.2, 0) is 24.3 Å². The highest BCUT2D eigenvalue weighted by Crippen LogP contribution is 2.19. The molecule has 0 bridgehead atoms. The van der Waals surface area contributed by atoms with Crippen LogP contribution in [-0.4, -0.2) is 17.1 Å². The van der Waals surface area contributed by atoms with E-state index in [0.29, 0.717) is 18.2 Å². The minimum atomic E-state index is 0.351. The average Bonchev–Trinajstić information content (AvgIpc) is 2.92. The Labute approximate surface area is 122 Å². The monoisotopic (exact) mass is 293 g/mol. The molecule has 0 aliphatic heterocycles. The van der Waals surface area contributed by atoms with Crippen molar-refractivity contribution in [2.75, 3.05) is 17.9 Å². The lowest BCUT2D eigenvalue weighted by Gasteiger charge is -2.09. The summed E-state index contributed by atoms with van der Waals surface area (Å²) in [5, 5.41) is 5.41. The number of aryl methyl sites for hydroxylation is 1. The molecule has 2 aromatic heterocycles. The predicted molar refractivity (Wildman–Crippen MR) is 81.6 cm³/mol. The predicted octanol–water partition coefficient (Wildman–Crippen LogP) is 2.14. The number of thiophene rings is 1. The molecule has 7 heteroatoms. The number of hydrogen-bond donors (Lipinski definition) is 3. The number of rotatable bonds is 7. The van der Waals surface area contributed by atoms with Crippen LogP contribution < -0.4 is 16.6 Å². The summed E-state index contributed by atoms with van der Waals surface area (Å²) in [5.41, 5.74) is 3.90. The van der Waals surface area contributed by atoms with Gasteiger partial charge in [0.15, 0.2) is 5.82 Å². The first-order valence-electron chi connectivity index (χ1n) is 6.39. The summed E-state index contributed by atoms with van der Waals surface area (Å²) in [4.78, 5) is 9.92. The van der Waals surface area contributed by atoms with Crippen LogP contribution in [0.3, 0.4) is 0 Å².